The molecule has 0 N–H and O–H groups in total. The first-order valence-corrected chi connectivity index (χ1v) is 9.43. The van der Waals surface area contributed by atoms with Crippen LogP contribution < -0.4 is 10.2 Å². The molecule has 3 aromatic rings. The Morgan fingerprint density at radius 1 is 1.14 bits per heavy atom. The molecule has 144 valence electrons. The van der Waals surface area contributed by atoms with Crippen LogP contribution in [0.4, 0.5) is 8.78 Å². The molecular weight excluding hydrogens is 362 g/mol. The Hall–Kier alpha value is -2.73. The molecule has 2 aromatic carbocycles. The van der Waals surface area contributed by atoms with Gasteiger partial charge in [-0.2, -0.15) is 0 Å². The van der Waals surface area contributed by atoms with Crippen molar-refractivity contribution in [1.82, 2.24) is 9.47 Å². The van der Waals surface area contributed by atoms with Gasteiger partial charge in [0, 0.05) is 31.4 Å². The molecule has 1 aromatic heterocycles. The molecule has 1 aliphatic carbocycles. The summed E-state index contributed by atoms with van der Waals surface area (Å²) in [6.45, 7) is 0.544. The van der Waals surface area contributed by atoms with Gasteiger partial charge in [0.1, 0.15) is 5.82 Å². The second kappa shape index (κ2) is 6.41. The van der Waals surface area contributed by atoms with E-state index in [1.165, 1.54) is 17.7 Å². The van der Waals surface area contributed by atoms with E-state index in [-0.39, 0.29) is 28.2 Å². The molecule has 6 heteroatoms. The van der Waals surface area contributed by atoms with E-state index >= 15 is 4.39 Å². The van der Waals surface area contributed by atoms with Gasteiger partial charge in [-0.15, -0.1) is 0 Å². The van der Waals surface area contributed by atoms with E-state index in [9.17, 15) is 9.18 Å². The summed E-state index contributed by atoms with van der Waals surface area (Å²) in [6, 6.07) is 8.69. The normalized spacial score (nSPS) is 16.5. The third-order valence-corrected chi connectivity index (χ3v) is 5.63. The van der Waals surface area contributed by atoms with Crippen molar-refractivity contribution in [2.45, 2.75) is 32.0 Å². The number of hydrogen-bond acceptors (Lipinski definition) is 3. The summed E-state index contributed by atoms with van der Waals surface area (Å²) in [6.07, 6.45) is 3.66. The maximum Gasteiger partial charge on any atom is 0.228 e. The lowest BCUT2D eigenvalue weighted by Crippen LogP contribution is -2.10. The number of alkyl halides is 1. The molecule has 4 nitrogen and oxygen atoms in total. The van der Waals surface area contributed by atoms with Crippen LogP contribution in [0.2, 0.25) is 0 Å². The summed E-state index contributed by atoms with van der Waals surface area (Å²) >= 11 is 0. The predicted molar refractivity (Wildman–Crippen MR) is 104 cm³/mol. The Bertz CT molecular complexity index is 1150. The zero-order chi connectivity index (χ0) is 19.4. The van der Waals surface area contributed by atoms with Crippen LogP contribution in [0.3, 0.4) is 0 Å². The topological polar surface area (TPSA) is 34.5 Å². The summed E-state index contributed by atoms with van der Waals surface area (Å²) in [7, 11) is 2.03. The molecule has 1 saturated carbocycles. The van der Waals surface area contributed by atoms with E-state index in [1.54, 1.807) is 6.20 Å². The minimum absolute atomic E-state index is 0.105. The van der Waals surface area contributed by atoms with Gasteiger partial charge in [-0.05, 0) is 48.7 Å². The number of nitrogens with zero attached hydrogens (tertiary/aromatic N) is 2. The van der Waals surface area contributed by atoms with Gasteiger partial charge in [0.25, 0.3) is 0 Å². The van der Waals surface area contributed by atoms with E-state index in [0.29, 0.717) is 11.1 Å². The van der Waals surface area contributed by atoms with Gasteiger partial charge < -0.3 is 9.30 Å². The molecule has 0 saturated heterocycles. The molecular formula is C22H20F2N2O2. The predicted octanol–water partition coefficient (Wildman–Crippen LogP) is 4.39. The first-order chi connectivity index (χ1) is 13.6. The molecule has 0 atom stereocenters. The van der Waals surface area contributed by atoms with Gasteiger partial charge in [0.15, 0.2) is 11.2 Å². The van der Waals surface area contributed by atoms with Gasteiger partial charge in [-0.3, -0.25) is 9.69 Å². The van der Waals surface area contributed by atoms with Gasteiger partial charge in [0.2, 0.25) is 6.86 Å². The summed E-state index contributed by atoms with van der Waals surface area (Å²) < 4.78 is 35.7. The minimum atomic E-state index is -1.09. The molecule has 1 aliphatic heterocycles. The van der Waals surface area contributed by atoms with E-state index in [4.69, 9.17) is 4.74 Å². The number of aromatic nitrogens is 1. The third kappa shape index (κ3) is 2.71. The van der Waals surface area contributed by atoms with E-state index in [0.717, 1.165) is 31.5 Å². The van der Waals surface area contributed by atoms with E-state index < -0.39 is 12.7 Å². The smallest absolute Gasteiger partial charge is 0.228 e. The maximum atomic E-state index is 15.2. The van der Waals surface area contributed by atoms with Gasteiger partial charge in [-0.25, -0.2) is 8.78 Å². The molecule has 2 aliphatic rings. The Kier molecular flexibility index (Phi) is 3.98. The average Bonchev–Trinajstić information content (AvgIpc) is 3.43. The van der Waals surface area contributed by atoms with Crippen molar-refractivity contribution in [1.29, 1.82) is 0 Å². The highest BCUT2D eigenvalue weighted by Gasteiger charge is 2.28. The van der Waals surface area contributed by atoms with Crippen molar-refractivity contribution in [2.24, 2.45) is 0 Å². The Morgan fingerprint density at radius 2 is 1.93 bits per heavy atom. The van der Waals surface area contributed by atoms with Crippen molar-refractivity contribution in [2.75, 3.05) is 13.9 Å². The van der Waals surface area contributed by atoms with Crippen molar-refractivity contribution >= 4 is 10.9 Å². The second-order valence-electron chi connectivity index (χ2n) is 7.69. The molecule has 0 bridgehead atoms. The van der Waals surface area contributed by atoms with Crippen LogP contribution >= 0.6 is 0 Å². The van der Waals surface area contributed by atoms with Crippen molar-refractivity contribution < 1.29 is 13.5 Å². The second-order valence-corrected chi connectivity index (χ2v) is 7.69. The lowest BCUT2D eigenvalue weighted by atomic mass is 9.97. The molecule has 28 heavy (non-hydrogen) atoms. The number of halogens is 2. The van der Waals surface area contributed by atoms with Crippen LogP contribution in [0, 0.1) is 5.82 Å². The van der Waals surface area contributed by atoms with Gasteiger partial charge in [-0.1, -0.05) is 12.1 Å². The van der Waals surface area contributed by atoms with Crippen molar-refractivity contribution in [3.63, 3.8) is 0 Å². The summed E-state index contributed by atoms with van der Waals surface area (Å²) in [4.78, 5) is 14.6. The number of benzene rings is 2. The molecule has 0 spiro atoms. The third-order valence-electron chi connectivity index (χ3n) is 5.63. The number of ether oxygens (including phenoxy) is 1. The lowest BCUT2D eigenvalue weighted by molar-refractivity contribution is 0.193. The van der Waals surface area contributed by atoms with Gasteiger partial charge in [0.05, 0.1) is 16.5 Å². The standard InChI is InChI=1S/C22H20F2N2O2/c1-25-10-14-3-2-13(8-15(14)11-25)20-18(24)9-17-19(27)6-7-26(16-4-5-16)21(17)22(20)28-12-23/h2-3,6-9,16H,4-5,10-12H2,1H3. The van der Waals surface area contributed by atoms with E-state index in [1.807, 2.05) is 29.8 Å². The molecule has 5 rings (SSSR count). The molecule has 0 radical (unpaired) electrons. The van der Waals surface area contributed by atoms with E-state index in [2.05, 4.69) is 4.90 Å². The highest BCUT2D eigenvalue weighted by Crippen LogP contribution is 2.44. The fraction of sp³-hybridized carbons (Fsp3) is 0.318. The maximum absolute atomic E-state index is 15.2. The quantitative estimate of drug-likeness (QED) is 0.671. The number of fused-ring (bicyclic) bond motifs is 2. The average molecular weight is 382 g/mol. The Morgan fingerprint density at radius 3 is 2.68 bits per heavy atom. The SMILES string of the molecule is CN1Cc2ccc(-c3c(F)cc4c(=O)ccn(C5CC5)c4c3OCF)cc2C1. The molecule has 0 unspecified atom stereocenters. The molecule has 0 amide bonds. The molecule has 2 heterocycles. The highest BCUT2D eigenvalue weighted by molar-refractivity contribution is 5.93. The Balaban J connectivity index is 1.81. The van der Waals surface area contributed by atoms with Crippen LogP contribution in [0.5, 0.6) is 5.75 Å². The zero-order valence-electron chi connectivity index (χ0n) is 15.5. The minimum Gasteiger partial charge on any atom is -0.460 e. The first kappa shape index (κ1) is 17.4. The first-order valence-electron chi connectivity index (χ1n) is 9.43. The van der Waals surface area contributed by atoms with Gasteiger partial charge >= 0.3 is 0 Å². The summed E-state index contributed by atoms with van der Waals surface area (Å²) in [5.41, 5.74) is 3.35. The zero-order valence-corrected chi connectivity index (χ0v) is 15.5. The fourth-order valence-corrected chi connectivity index (χ4v) is 4.21. The fourth-order valence-electron chi connectivity index (χ4n) is 4.21. The summed E-state index contributed by atoms with van der Waals surface area (Å²) in [5.74, 6) is -0.471. The Labute approximate surface area is 161 Å². The van der Waals surface area contributed by atoms with Crippen LogP contribution in [0.1, 0.15) is 30.0 Å². The number of rotatable bonds is 4. The lowest BCUT2D eigenvalue weighted by Gasteiger charge is -2.18. The van der Waals surface area contributed by atoms with Crippen LogP contribution in [-0.4, -0.2) is 23.4 Å². The van der Waals surface area contributed by atoms with Crippen LogP contribution in [-0.2, 0) is 13.1 Å². The number of hydrogen-bond donors (Lipinski definition) is 0. The van der Waals surface area contributed by atoms with Crippen LogP contribution in [0.15, 0.2) is 41.3 Å². The largest absolute Gasteiger partial charge is 0.460 e. The van der Waals surface area contributed by atoms with Crippen molar-refractivity contribution in [3.05, 3.63) is 63.7 Å². The highest BCUT2D eigenvalue weighted by atomic mass is 19.1. The number of pyridine rings is 1. The summed E-state index contributed by atoms with van der Waals surface area (Å²) in [5, 5.41) is 0.222. The van der Waals surface area contributed by atoms with Crippen LogP contribution in [0.25, 0.3) is 22.0 Å². The monoisotopic (exact) mass is 382 g/mol. The molecule has 1 fully saturated rings. The van der Waals surface area contributed by atoms with Crippen molar-refractivity contribution in [3.8, 4) is 16.9 Å².